The molecule has 1 unspecified atom stereocenters. The first-order valence-electron chi connectivity index (χ1n) is 9.93. The average Bonchev–Trinajstić information content (AvgIpc) is 2.66. The average molecular weight is 395 g/mol. The molecular formula is C22H34O6. The van der Waals surface area contributed by atoms with Crippen molar-refractivity contribution in [3.05, 3.63) is 36.5 Å². The first kappa shape index (κ1) is 25.6. The molecule has 0 bridgehead atoms. The molecule has 0 aromatic rings. The van der Waals surface area contributed by atoms with Gasteiger partial charge in [0.15, 0.2) is 6.10 Å². The summed E-state index contributed by atoms with van der Waals surface area (Å²) >= 11 is 0. The Morgan fingerprint density at radius 2 is 1.29 bits per heavy atom. The standard InChI is InChI=1S/C22H34O6/c1-4-6-8-10-11-12-14-15-21(24)27-18-20(17-26-19(3)23)28-22(25)16-13-9-7-5-2/h6-9,11-12,20H,4-5,10,13-18H2,1-3H3. The Morgan fingerprint density at radius 3 is 1.93 bits per heavy atom. The Balaban J connectivity index is 4.26. The van der Waals surface area contributed by atoms with Crippen LogP contribution in [0.4, 0.5) is 0 Å². The Kier molecular flexibility index (Phi) is 16.5. The van der Waals surface area contributed by atoms with Crippen molar-refractivity contribution in [2.75, 3.05) is 13.2 Å². The molecule has 158 valence electrons. The summed E-state index contributed by atoms with van der Waals surface area (Å²) in [5, 5.41) is 0. The predicted octanol–water partition coefficient (Wildman–Crippen LogP) is 4.44. The number of ether oxygens (including phenoxy) is 3. The van der Waals surface area contributed by atoms with Crippen LogP contribution >= 0.6 is 0 Å². The first-order chi connectivity index (χ1) is 13.5. The van der Waals surface area contributed by atoms with Gasteiger partial charge in [0.1, 0.15) is 13.2 Å². The van der Waals surface area contributed by atoms with Crippen molar-refractivity contribution in [2.45, 2.75) is 71.8 Å². The molecule has 0 saturated heterocycles. The fourth-order valence-electron chi connectivity index (χ4n) is 2.07. The molecule has 0 rings (SSSR count). The third-order valence-electron chi connectivity index (χ3n) is 3.47. The highest BCUT2D eigenvalue weighted by molar-refractivity contribution is 5.70. The van der Waals surface area contributed by atoms with Crippen molar-refractivity contribution in [1.29, 1.82) is 0 Å². The molecule has 0 N–H and O–H groups in total. The van der Waals surface area contributed by atoms with Crippen LogP contribution in [0.1, 0.15) is 65.7 Å². The van der Waals surface area contributed by atoms with Crippen LogP contribution in [0.15, 0.2) is 36.5 Å². The zero-order chi connectivity index (χ0) is 21.0. The molecule has 0 spiro atoms. The maximum atomic E-state index is 11.9. The minimum Gasteiger partial charge on any atom is -0.462 e. The van der Waals surface area contributed by atoms with E-state index in [9.17, 15) is 14.4 Å². The van der Waals surface area contributed by atoms with Gasteiger partial charge in [-0.15, -0.1) is 0 Å². The minimum absolute atomic E-state index is 0.133. The topological polar surface area (TPSA) is 78.9 Å². The van der Waals surface area contributed by atoms with E-state index in [1.165, 1.54) is 6.92 Å². The van der Waals surface area contributed by atoms with Crippen molar-refractivity contribution < 1.29 is 28.6 Å². The van der Waals surface area contributed by atoms with Gasteiger partial charge in [-0.25, -0.2) is 0 Å². The number of hydrogen-bond donors (Lipinski definition) is 0. The summed E-state index contributed by atoms with van der Waals surface area (Å²) in [4.78, 5) is 34.7. The van der Waals surface area contributed by atoms with Gasteiger partial charge in [0.05, 0.1) is 0 Å². The van der Waals surface area contributed by atoms with Crippen LogP contribution in [-0.2, 0) is 28.6 Å². The second-order valence-electron chi connectivity index (χ2n) is 6.14. The van der Waals surface area contributed by atoms with Crippen LogP contribution in [-0.4, -0.2) is 37.2 Å². The highest BCUT2D eigenvalue weighted by Crippen LogP contribution is 2.04. The Labute approximate surface area is 168 Å². The number of rotatable bonds is 15. The number of hydrogen-bond acceptors (Lipinski definition) is 6. The zero-order valence-electron chi connectivity index (χ0n) is 17.4. The van der Waals surface area contributed by atoms with Crippen molar-refractivity contribution in [3.8, 4) is 0 Å². The van der Waals surface area contributed by atoms with Crippen LogP contribution in [0.2, 0.25) is 0 Å². The lowest BCUT2D eigenvalue weighted by molar-refractivity contribution is -0.166. The number of carbonyl (C=O) groups excluding carboxylic acids is 3. The summed E-state index contributed by atoms with van der Waals surface area (Å²) in [6.07, 6.45) is 15.5. The maximum Gasteiger partial charge on any atom is 0.306 e. The van der Waals surface area contributed by atoms with E-state index in [1.54, 1.807) is 0 Å². The van der Waals surface area contributed by atoms with Gasteiger partial charge in [-0.05, 0) is 32.1 Å². The molecule has 1 atom stereocenters. The molecule has 0 aromatic heterocycles. The Bertz CT molecular complexity index is 533. The summed E-state index contributed by atoms with van der Waals surface area (Å²) in [6, 6.07) is 0. The van der Waals surface area contributed by atoms with E-state index in [1.807, 2.05) is 31.2 Å². The quantitative estimate of drug-likeness (QED) is 0.232. The van der Waals surface area contributed by atoms with E-state index in [4.69, 9.17) is 14.2 Å². The van der Waals surface area contributed by atoms with Crippen LogP contribution in [0.25, 0.3) is 0 Å². The summed E-state index contributed by atoms with van der Waals surface area (Å²) < 4.78 is 15.3. The smallest absolute Gasteiger partial charge is 0.306 e. The van der Waals surface area contributed by atoms with E-state index >= 15 is 0 Å². The summed E-state index contributed by atoms with van der Waals surface area (Å²) in [5.41, 5.74) is 0. The highest BCUT2D eigenvalue weighted by atomic mass is 16.6. The highest BCUT2D eigenvalue weighted by Gasteiger charge is 2.18. The lowest BCUT2D eigenvalue weighted by Gasteiger charge is -2.17. The predicted molar refractivity (Wildman–Crippen MR) is 109 cm³/mol. The fraction of sp³-hybridized carbons (Fsp3) is 0.591. The zero-order valence-corrected chi connectivity index (χ0v) is 17.4. The van der Waals surface area contributed by atoms with E-state index in [-0.39, 0.29) is 32.0 Å². The fourth-order valence-corrected chi connectivity index (χ4v) is 2.07. The number of carbonyl (C=O) groups is 3. The number of esters is 3. The molecule has 0 amide bonds. The van der Waals surface area contributed by atoms with E-state index in [0.717, 1.165) is 19.3 Å². The van der Waals surface area contributed by atoms with Crippen LogP contribution in [0.5, 0.6) is 0 Å². The molecule has 0 fully saturated rings. The van der Waals surface area contributed by atoms with E-state index < -0.39 is 18.0 Å². The second-order valence-corrected chi connectivity index (χ2v) is 6.14. The molecule has 0 saturated carbocycles. The molecule has 6 nitrogen and oxygen atoms in total. The molecule has 6 heteroatoms. The van der Waals surface area contributed by atoms with Gasteiger partial charge in [-0.3, -0.25) is 14.4 Å². The van der Waals surface area contributed by atoms with Crippen LogP contribution < -0.4 is 0 Å². The largest absolute Gasteiger partial charge is 0.462 e. The van der Waals surface area contributed by atoms with Gasteiger partial charge in [0, 0.05) is 19.8 Å². The van der Waals surface area contributed by atoms with Gasteiger partial charge in [-0.2, -0.15) is 0 Å². The van der Waals surface area contributed by atoms with Crippen LogP contribution in [0, 0.1) is 0 Å². The van der Waals surface area contributed by atoms with Crippen molar-refractivity contribution in [2.24, 2.45) is 0 Å². The van der Waals surface area contributed by atoms with Crippen molar-refractivity contribution >= 4 is 17.9 Å². The van der Waals surface area contributed by atoms with Gasteiger partial charge >= 0.3 is 17.9 Å². The third kappa shape index (κ3) is 17.1. The normalized spacial score (nSPS) is 12.5. The monoisotopic (exact) mass is 394 g/mol. The third-order valence-corrected chi connectivity index (χ3v) is 3.47. The molecule has 0 heterocycles. The molecule has 0 aliphatic rings. The van der Waals surface area contributed by atoms with Crippen molar-refractivity contribution in [1.82, 2.24) is 0 Å². The molecule has 0 aliphatic heterocycles. The number of allylic oxidation sites excluding steroid dienone is 6. The summed E-state index contributed by atoms with van der Waals surface area (Å²) in [5.74, 6) is -1.29. The maximum absolute atomic E-state index is 11.9. The lowest BCUT2D eigenvalue weighted by atomic mass is 10.2. The van der Waals surface area contributed by atoms with E-state index in [0.29, 0.717) is 12.8 Å². The molecule has 0 aliphatic carbocycles. The van der Waals surface area contributed by atoms with E-state index in [2.05, 4.69) is 19.1 Å². The van der Waals surface area contributed by atoms with Crippen molar-refractivity contribution in [3.63, 3.8) is 0 Å². The molecule has 28 heavy (non-hydrogen) atoms. The van der Waals surface area contributed by atoms with Gasteiger partial charge in [0.25, 0.3) is 0 Å². The molecule has 0 radical (unpaired) electrons. The Hall–Kier alpha value is -2.37. The summed E-state index contributed by atoms with van der Waals surface area (Å²) in [6.45, 7) is 5.08. The minimum atomic E-state index is -0.801. The summed E-state index contributed by atoms with van der Waals surface area (Å²) in [7, 11) is 0. The molecular weight excluding hydrogens is 360 g/mol. The lowest BCUT2D eigenvalue weighted by Crippen LogP contribution is -2.30. The van der Waals surface area contributed by atoms with Crippen LogP contribution in [0.3, 0.4) is 0 Å². The van der Waals surface area contributed by atoms with Gasteiger partial charge in [0.2, 0.25) is 0 Å². The van der Waals surface area contributed by atoms with Gasteiger partial charge < -0.3 is 14.2 Å². The van der Waals surface area contributed by atoms with Gasteiger partial charge in [-0.1, -0.05) is 50.3 Å². The second kappa shape index (κ2) is 18.0. The Morgan fingerprint density at radius 1 is 0.750 bits per heavy atom. The first-order valence-corrected chi connectivity index (χ1v) is 9.93. The SMILES string of the molecule is CCC=CCC=CCCC(=O)OCC(COC(C)=O)OC(=O)CCC=CCC. The molecule has 0 aromatic carbocycles.